The van der Waals surface area contributed by atoms with Gasteiger partial charge in [-0.05, 0) is 31.6 Å². The number of carbonyl (C=O) groups excluding carboxylic acids is 2. The largest absolute Gasteiger partial charge is 0.480 e. The molecule has 7 heteroatoms. The second-order valence-electron chi connectivity index (χ2n) is 5.64. The van der Waals surface area contributed by atoms with Crippen molar-refractivity contribution in [3.8, 4) is 0 Å². The highest BCUT2D eigenvalue weighted by atomic mass is 16.4. The highest BCUT2D eigenvalue weighted by Gasteiger charge is 2.49. The minimum absolute atomic E-state index is 0.0601. The Labute approximate surface area is 118 Å². The molecule has 0 aromatic rings. The summed E-state index contributed by atoms with van der Waals surface area (Å²) in [6, 6.07) is -1.62. The van der Waals surface area contributed by atoms with Crippen molar-refractivity contribution >= 4 is 17.9 Å². The number of primary amides is 1. The zero-order valence-corrected chi connectivity index (χ0v) is 12.1. The highest BCUT2D eigenvalue weighted by Crippen LogP contribution is 2.39. The van der Waals surface area contributed by atoms with E-state index in [9.17, 15) is 19.5 Å². The predicted molar refractivity (Wildman–Crippen MR) is 72.9 cm³/mol. The van der Waals surface area contributed by atoms with Crippen molar-refractivity contribution in [1.82, 2.24) is 10.6 Å². The summed E-state index contributed by atoms with van der Waals surface area (Å²) in [7, 11) is 0. The lowest BCUT2D eigenvalue weighted by molar-refractivity contribution is -0.148. The molecule has 0 aromatic carbocycles. The van der Waals surface area contributed by atoms with Gasteiger partial charge >= 0.3 is 12.0 Å². The van der Waals surface area contributed by atoms with Gasteiger partial charge in [0, 0.05) is 0 Å². The van der Waals surface area contributed by atoms with Gasteiger partial charge in [-0.25, -0.2) is 9.59 Å². The monoisotopic (exact) mass is 285 g/mol. The summed E-state index contributed by atoms with van der Waals surface area (Å²) in [6.07, 6.45) is 2.21. The number of carboxylic acids is 1. The first-order chi connectivity index (χ1) is 9.22. The van der Waals surface area contributed by atoms with E-state index in [1.165, 1.54) is 6.92 Å². The molecule has 20 heavy (non-hydrogen) atoms. The topological polar surface area (TPSA) is 122 Å². The fraction of sp³-hybridized carbons (Fsp3) is 0.769. The summed E-state index contributed by atoms with van der Waals surface area (Å²) >= 11 is 0. The molecule has 0 heterocycles. The Morgan fingerprint density at radius 2 is 1.95 bits per heavy atom. The molecule has 3 amide bonds. The molecule has 0 radical (unpaired) electrons. The van der Waals surface area contributed by atoms with Crippen LogP contribution in [0.3, 0.4) is 0 Å². The number of rotatable bonds is 7. The van der Waals surface area contributed by atoms with Crippen molar-refractivity contribution in [3.05, 3.63) is 0 Å². The second-order valence-corrected chi connectivity index (χ2v) is 5.64. The third-order valence-corrected chi connectivity index (χ3v) is 4.01. The van der Waals surface area contributed by atoms with Crippen molar-refractivity contribution in [1.29, 1.82) is 0 Å². The first-order valence-corrected chi connectivity index (χ1v) is 6.83. The third-order valence-electron chi connectivity index (χ3n) is 4.01. The molecule has 3 atom stereocenters. The molecule has 114 valence electrons. The lowest BCUT2D eigenvalue weighted by Crippen LogP contribution is -2.60. The van der Waals surface area contributed by atoms with Gasteiger partial charge in [-0.1, -0.05) is 20.3 Å². The first-order valence-electron chi connectivity index (χ1n) is 6.83. The Bertz CT molecular complexity index is 408. The Hall–Kier alpha value is -1.79. The number of hydrogen-bond acceptors (Lipinski definition) is 3. The standard InChI is InChI=1S/C13H23N3O4/c1-4-7(2)9(15-12(14)20)10(17)16-13(3,11(18)19)8-5-6-8/h7-9H,4-6H2,1-3H3,(H,16,17)(H,18,19)(H3,14,15,20). The van der Waals surface area contributed by atoms with E-state index in [0.717, 1.165) is 12.8 Å². The number of hydrogen-bond donors (Lipinski definition) is 4. The maximum Gasteiger partial charge on any atom is 0.329 e. The summed E-state index contributed by atoms with van der Waals surface area (Å²) in [5.41, 5.74) is 3.78. The quantitative estimate of drug-likeness (QED) is 0.542. The van der Waals surface area contributed by atoms with E-state index in [1.54, 1.807) is 6.92 Å². The minimum Gasteiger partial charge on any atom is -0.480 e. The summed E-state index contributed by atoms with van der Waals surface area (Å²) < 4.78 is 0. The molecule has 1 fully saturated rings. The van der Waals surface area contributed by atoms with Crippen molar-refractivity contribution in [2.45, 2.75) is 51.6 Å². The van der Waals surface area contributed by atoms with E-state index in [1.807, 2.05) is 6.92 Å². The normalized spacial score (nSPS) is 20.4. The van der Waals surface area contributed by atoms with Gasteiger partial charge in [-0.2, -0.15) is 0 Å². The fourth-order valence-electron chi connectivity index (χ4n) is 2.18. The van der Waals surface area contributed by atoms with Crippen LogP contribution in [0, 0.1) is 11.8 Å². The number of nitrogens with one attached hydrogen (secondary N) is 2. The maximum absolute atomic E-state index is 12.3. The van der Waals surface area contributed by atoms with Gasteiger partial charge in [-0.3, -0.25) is 4.79 Å². The van der Waals surface area contributed by atoms with Gasteiger partial charge < -0.3 is 21.5 Å². The van der Waals surface area contributed by atoms with E-state index < -0.39 is 29.5 Å². The van der Waals surface area contributed by atoms with Gasteiger partial charge in [0.1, 0.15) is 11.6 Å². The van der Waals surface area contributed by atoms with Crippen LogP contribution in [-0.4, -0.2) is 34.6 Å². The summed E-state index contributed by atoms with van der Waals surface area (Å²) in [5.74, 6) is -1.76. The van der Waals surface area contributed by atoms with Crippen molar-refractivity contribution in [2.75, 3.05) is 0 Å². The van der Waals surface area contributed by atoms with Gasteiger partial charge in [0.05, 0.1) is 0 Å². The number of aliphatic carboxylic acids is 1. The summed E-state index contributed by atoms with van der Waals surface area (Å²) in [6.45, 7) is 5.18. The Kier molecular flexibility index (Phi) is 4.97. The van der Waals surface area contributed by atoms with Crippen LogP contribution in [0.15, 0.2) is 0 Å². The molecular formula is C13H23N3O4. The van der Waals surface area contributed by atoms with Crippen LogP contribution >= 0.6 is 0 Å². The molecule has 1 aliphatic carbocycles. The van der Waals surface area contributed by atoms with Crippen molar-refractivity contribution < 1.29 is 19.5 Å². The van der Waals surface area contributed by atoms with E-state index >= 15 is 0 Å². The van der Waals surface area contributed by atoms with E-state index in [0.29, 0.717) is 6.42 Å². The molecule has 0 saturated heterocycles. The number of carboxylic acid groups (broad SMARTS) is 1. The molecular weight excluding hydrogens is 262 g/mol. The maximum atomic E-state index is 12.3. The van der Waals surface area contributed by atoms with Gasteiger partial charge in [0.25, 0.3) is 0 Å². The number of amides is 3. The van der Waals surface area contributed by atoms with E-state index in [4.69, 9.17) is 5.73 Å². The third kappa shape index (κ3) is 3.61. The lowest BCUT2D eigenvalue weighted by Gasteiger charge is -2.30. The first kappa shape index (κ1) is 16.3. The van der Waals surface area contributed by atoms with Crippen LogP contribution in [0.2, 0.25) is 0 Å². The Balaban J connectivity index is 2.83. The summed E-state index contributed by atoms with van der Waals surface area (Å²) in [4.78, 5) is 34.7. The highest BCUT2D eigenvalue weighted by molar-refractivity contribution is 5.92. The fourth-order valence-corrected chi connectivity index (χ4v) is 2.18. The molecule has 0 aliphatic heterocycles. The van der Waals surface area contributed by atoms with E-state index in [2.05, 4.69) is 10.6 Å². The average molecular weight is 285 g/mol. The van der Waals surface area contributed by atoms with Crippen molar-refractivity contribution in [3.63, 3.8) is 0 Å². The number of urea groups is 1. The minimum atomic E-state index is -1.29. The van der Waals surface area contributed by atoms with Gasteiger partial charge in [-0.15, -0.1) is 0 Å². The number of carbonyl (C=O) groups is 3. The van der Waals surface area contributed by atoms with Crippen LogP contribution in [0.5, 0.6) is 0 Å². The molecule has 1 aliphatic rings. The molecule has 1 saturated carbocycles. The molecule has 1 rings (SSSR count). The van der Waals surface area contributed by atoms with Gasteiger partial charge in [0.2, 0.25) is 5.91 Å². The molecule has 3 unspecified atom stereocenters. The molecule has 5 N–H and O–H groups in total. The smallest absolute Gasteiger partial charge is 0.329 e. The molecule has 0 bridgehead atoms. The SMILES string of the molecule is CCC(C)C(NC(N)=O)C(=O)NC(C)(C(=O)O)C1CC1. The van der Waals surface area contributed by atoms with Crippen LogP contribution in [0.4, 0.5) is 4.79 Å². The second kappa shape index (κ2) is 6.11. The zero-order chi connectivity index (χ0) is 15.5. The molecule has 7 nitrogen and oxygen atoms in total. The number of nitrogens with two attached hydrogens (primary N) is 1. The van der Waals surface area contributed by atoms with E-state index in [-0.39, 0.29) is 11.8 Å². The van der Waals surface area contributed by atoms with Crippen LogP contribution in [-0.2, 0) is 9.59 Å². The lowest BCUT2D eigenvalue weighted by atomic mass is 9.93. The van der Waals surface area contributed by atoms with Crippen molar-refractivity contribution in [2.24, 2.45) is 17.6 Å². The molecule has 0 spiro atoms. The van der Waals surface area contributed by atoms with Crippen LogP contribution in [0.25, 0.3) is 0 Å². The molecule has 0 aromatic heterocycles. The van der Waals surface area contributed by atoms with Crippen LogP contribution < -0.4 is 16.4 Å². The summed E-state index contributed by atoms with van der Waals surface area (Å²) in [5, 5.41) is 14.3. The Morgan fingerprint density at radius 3 is 2.30 bits per heavy atom. The predicted octanol–water partition coefficient (Wildman–Crippen LogP) is 0.439. The average Bonchev–Trinajstić information content (AvgIpc) is 3.18. The van der Waals surface area contributed by atoms with Gasteiger partial charge in [0.15, 0.2) is 0 Å². The Morgan fingerprint density at radius 1 is 1.40 bits per heavy atom. The van der Waals surface area contributed by atoms with Crippen LogP contribution in [0.1, 0.15) is 40.0 Å². The zero-order valence-electron chi connectivity index (χ0n) is 12.1.